The first kappa shape index (κ1) is 47.5. The number of ether oxygens (including phenoxy) is 1. The number of anilines is 1. The number of benzene rings is 2. The first-order valence-corrected chi connectivity index (χ1v) is 24.0. The summed E-state index contributed by atoms with van der Waals surface area (Å²) in [5.74, 6) is 3.44. The summed E-state index contributed by atoms with van der Waals surface area (Å²) in [6, 6.07) is 15.1. The van der Waals surface area contributed by atoms with Crippen molar-refractivity contribution < 1.29 is 29.0 Å². The lowest BCUT2D eigenvalue weighted by Crippen LogP contribution is -2.51. The number of allylic oxidation sites excluding steroid dienone is 1. The van der Waals surface area contributed by atoms with Gasteiger partial charge in [-0.05, 0) is 127 Å². The van der Waals surface area contributed by atoms with Crippen molar-refractivity contribution in [3.63, 3.8) is 0 Å². The first-order valence-electron chi connectivity index (χ1n) is 24.0. The molecule has 10 nitrogen and oxygen atoms in total. The Morgan fingerprint density at radius 3 is 2.31 bits per heavy atom. The molecule has 4 aliphatic rings. The van der Waals surface area contributed by atoms with Gasteiger partial charge in [-0.25, -0.2) is 0 Å². The molecule has 4 amide bonds. The number of rotatable bonds is 21. The third kappa shape index (κ3) is 12.2. The molecule has 0 saturated heterocycles. The summed E-state index contributed by atoms with van der Waals surface area (Å²) in [4.78, 5) is 51.5. The van der Waals surface area contributed by atoms with Gasteiger partial charge in [0, 0.05) is 38.1 Å². The lowest BCUT2D eigenvalue weighted by molar-refractivity contribution is -0.130. The van der Waals surface area contributed by atoms with Gasteiger partial charge in [-0.3, -0.25) is 19.2 Å². The maximum absolute atomic E-state index is 13.2. The number of fused-ring (bicyclic) bond motifs is 5. The van der Waals surface area contributed by atoms with Gasteiger partial charge in [0.2, 0.25) is 23.6 Å². The van der Waals surface area contributed by atoms with E-state index >= 15 is 0 Å². The van der Waals surface area contributed by atoms with Crippen molar-refractivity contribution in [1.29, 1.82) is 0 Å². The van der Waals surface area contributed by atoms with Crippen molar-refractivity contribution >= 4 is 29.3 Å². The molecule has 0 radical (unpaired) electrons. The topological polar surface area (TPSA) is 146 Å². The van der Waals surface area contributed by atoms with Crippen LogP contribution in [0.4, 0.5) is 5.69 Å². The standard InChI is InChI=1S/C52H76N4O6/c1-35(2)11-9-12-36(3)43-21-22-44-42-20-17-39-32-41(25-27-51(39,4)45(42)26-28-52(43,44)5)62-30-10-29-53-47(58)23-24-48(59)56-46(31-37-13-7-6-8-14-37)50(61)54-33-49(60)55-40-18-15-38(34-57)16-19-40/h6-8,13-19,35-36,41-46,57H,9-12,20-34H2,1-5H3,(H,53,58)(H,54,61)(H,55,60)(H,56,59)/t36?,41-,42-,43+,44-,45-,46?,51-,52+/m0/s1. The fraction of sp³-hybridized carbons (Fsp3) is 0.654. The number of carbonyl (C=O) groups is 4. The molecule has 2 unspecified atom stereocenters. The average molecular weight is 853 g/mol. The molecule has 5 N–H and O–H groups in total. The van der Waals surface area contributed by atoms with Crippen LogP contribution < -0.4 is 21.3 Å². The number of carbonyl (C=O) groups excluding carboxylic acids is 4. The number of amides is 4. The molecule has 0 heterocycles. The Hall–Kier alpha value is -4.02. The number of hydrogen-bond acceptors (Lipinski definition) is 6. The molecule has 2 aromatic carbocycles. The van der Waals surface area contributed by atoms with Crippen molar-refractivity contribution in [2.75, 3.05) is 25.0 Å². The van der Waals surface area contributed by atoms with Crippen LogP contribution in [0, 0.1) is 46.3 Å². The highest BCUT2D eigenvalue weighted by Gasteiger charge is 2.59. The van der Waals surface area contributed by atoms with Gasteiger partial charge in [0.15, 0.2) is 0 Å². The summed E-state index contributed by atoms with van der Waals surface area (Å²) in [5.41, 5.74) is 4.54. The van der Waals surface area contributed by atoms with Crippen LogP contribution in [0.2, 0.25) is 0 Å². The Labute approximate surface area is 371 Å². The Kier molecular flexibility index (Phi) is 16.9. The van der Waals surface area contributed by atoms with Crippen LogP contribution in [0.25, 0.3) is 0 Å². The zero-order valence-corrected chi connectivity index (χ0v) is 38.3. The molecule has 0 bridgehead atoms. The van der Waals surface area contributed by atoms with Crippen molar-refractivity contribution in [3.05, 3.63) is 77.4 Å². The van der Waals surface area contributed by atoms with Gasteiger partial charge >= 0.3 is 0 Å². The molecular weight excluding hydrogens is 777 g/mol. The fourth-order valence-corrected chi connectivity index (χ4v) is 12.2. The lowest BCUT2D eigenvalue weighted by Gasteiger charge is -2.58. The number of aliphatic hydroxyl groups is 1. The number of hydrogen-bond donors (Lipinski definition) is 5. The molecule has 2 aromatic rings. The molecule has 6 rings (SSSR count). The van der Waals surface area contributed by atoms with E-state index in [4.69, 9.17) is 4.74 Å². The Bertz CT molecular complexity index is 1830. The first-order chi connectivity index (χ1) is 29.8. The minimum atomic E-state index is -0.929. The van der Waals surface area contributed by atoms with Crippen LogP contribution in [0.3, 0.4) is 0 Å². The highest BCUT2D eigenvalue weighted by Crippen LogP contribution is 2.67. The maximum Gasteiger partial charge on any atom is 0.243 e. The molecule has 0 spiro atoms. The molecule has 9 atom stereocenters. The van der Waals surface area contributed by atoms with Gasteiger partial charge in [0.1, 0.15) is 6.04 Å². The minimum Gasteiger partial charge on any atom is -0.392 e. The molecule has 10 heteroatoms. The van der Waals surface area contributed by atoms with Crippen LogP contribution in [-0.2, 0) is 36.9 Å². The van der Waals surface area contributed by atoms with E-state index in [1.165, 1.54) is 57.8 Å². The Balaban J connectivity index is 0.889. The summed E-state index contributed by atoms with van der Waals surface area (Å²) in [6.07, 6.45) is 18.0. The molecular formula is C52H76N4O6. The van der Waals surface area contributed by atoms with Gasteiger partial charge < -0.3 is 31.1 Å². The monoisotopic (exact) mass is 853 g/mol. The molecule has 3 saturated carbocycles. The van der Waals surface area contributed by atoms with Crippen LogP contribution in [0.15, 0.2) is 66.2 Å². The summed E-state index contributed by atoms with van der Waals surface area (Å²) in [6.45, 7) is 13.2. The van der Waals surface area contributed by atoms with E-state index < -0.39 is 23.8 Å². The molecule has 62 heavy (non-hydrogen) atoms. The van der Waals surface area contributed by atoms with Gasteiger partial charge in [0.25, 0.3) is 0 Å². The van der Waals surface area contributed by atoms with E-state index in [2.05, 4.69) is 62.0 Å². The average Bonchev–Trinajstić information content (AvgIpc) is 3.62. The minimum absolute atomic E-state index is 0.000639. The molecule has 0 aliphatic heterocycles. The third-order valence-corrected chi connectivity index (χ3v) is 15.6. The largest absolute Gasteiger partial charge is 0.392 e. The smallest absolute Gasteiger partial charge is 0.243 e. The molecule has 340 valence electrons. The summed E-state index contributed by atoms with van der Waals surface area (Å²) in [5, 5.41) is 20.3. The normalized spacial score (nSPS) is 27.5. The Morgan fingerprint density at radius 1 is 0.806 bits per heavy atom. The second-order valence-electron chi connectivity index (χ2n) is 20.2. The van der Waals surface area contributed by atoms with Crippen molar-refractivity contribution in [3.8, 4) is 0 Å². The highest BCUT2D eigenvalue weighted by atomic mass is 16.5. The quantitative estimate of drug-likeness (QED) is 0.0628. The van der Waals surface area contributed by atoms with Crippen LogP contribution >= 0.6 is 0 Å². The van der Waals surface area contributed by atoms with E-state index in [0.717, 1.165) is 59.5 Å². The van der Waals surface area contributed by atoms with Crippen molar-refractivity contribution in [2.24, 2.45) is 46.3 Å². The summed E-state index contributed by atoms with van der Waals surface area (Å²) in [7, 11) is 0. The second kappa shape index (κ2) is 22.1. The highest BCUT2D eigenvalue weighted by molar-refractivity contribution is 5.96. The van der Waals surface area contributed by atoms with E-state index in [-0.39, 0.29) is 44.4 Å². The predicted octanol–water partition coefficient (Wildman–Crippen LogP) is 8.67. The van der Waals surface area contributed by atoms with E-state index in [0.29, 0.717) is 36.1 Å². The van der Waals surface area contributed by atoms with Gasteiger partial charge in [-0.2, -0.15) is 0 Å². The second-order valence-corrected chi connectivity index (χ2v) is 20.2. The Morgan fingerprint density at radius 2 is 1.56 bits per heavy atom. The number of aliphatic hydroxyl groups excluding tert-OH is 1. The maximum atomic E-state index is 13.2. The fourth-order valence-electron chi connectivity index (χ4n) is 12.2. The molecule has 3 fully saturated rings. The van der Waals surface area contributed by atoms with Gasteiger partial charge in [-0.15, -0.1) is 0 Å². The van der Waals surface area contributed by atoms with E-state index in [9.17, 15) is 24.3 Å². The lowest BCUT2D eigenvalue weighted by atomic mass is 9.47. The van der Waals surface area contributed by atoms with Gasteiger partial charge in [-0.1, -0.05) is 108 Å². The van der Waals surface area contributed by atoms with E-state index in [1.807, 2.05) is 30.3 Å². The van der Waals surface area contributed by atoms with Crippen LogP contribution in [0.5, 0.6) is 0 Å². The predicted molar refractivity (Wildman–Crippen MR) is 246 cm³/mol. The number of nitrogens with one attached hydrogen (secondary N) is 4. The van der Waals surface area contributed by atoms with Crippen LogP contribution in [0.1, 0.15) is 136 Å². The van der Waals surface area contributed by atoms with Crippen LogP contribution in [-0.4, -0.2) is 60.6 Å². The summed E-state index contributed by atoms with van der Waals surface area (Å²) < 4.78 is 6.43. The SMILES string of the molecule is CC(C)CCCC(C)[C@H]1CC[C@H]2[C@@H]3CC=C4C[C@@H](OCCCNC(=O)CCC(=O)NC(Cc5ccccc5)C(=O)NCC(=O)Nc5ccc(CO)cc5)CC[C@]4(C)[C@H]3CC[C@]12C. The third-order valence-electron chi connectivity index (χ3n) is 15.6. The van der Waals surface area contributed by atoms with E-state index in [1.54, 1.807) is 29.8 Å². The van der Waals surface area contributed by atoms with Crippen molar-refractivity contribution in [2.45, 2.75) is 150 Å². The zero-order valence-electron chi connectivity index (χ0n) is 38.3. The zero-order chi connectivity index (χ0) is 44.3. The molecule has 0 aromatic heterocycles. The van der Waals surface area contributed by atoms with Crippen molar-refractivity contribution in [1.82, 2.24) is 16.0 Å². The summed E-state index contributed by atoms with van der Waals surface area (Å²) >= 11 is 0. The van der Waals surface area contributed by atoms with Gasteiger partial charge in [0.05, 0.1) is 19.3 Å². The molecule has 4 aliphatic carbocycles.